The third kappa shape index (κ3) is 2.19. The average molecular weight is 285 g/mol. The van der Waals surface area contributed by atoms with Gasteiger partial charge in [-0.1, -0.05) is 6.42 Å². The zero-order chi connectivity index (χ0) is 14.2. The summed E-state index contributed by atoms with van der Waals surface area (Å²) in [5, 5.41) is 4.21. The molecule has 2 aliphatic heterocycles. The second-order valence-corrected chi connectivity index (χ2v) is 5.88. The number of nitrogens with zero attached hydrogens (tertiary/aromatic N) is 5. The Bertz CT molecular complexity index is 667. The zero-order valence-electron chi connectivity index (χ0n) is 12.0. The van der Waals surface area contributed by atoms with Gasteiger partial charge >= 0.3 is 0 Å². The van der Waals surface area contributed by atoms with Crippen LogP contribution in [0.1, 0.15) is 29.6 Å². The van der Waals surface area contributed by atoms with Crippen molar-refractivity contribution in [3.05, 3.63) is 30.2 Å². The van der Waals surface area contributed by atoms with Gasteiger partial charge in [-0.15, -0.1) is 0 Å². The van der Waals surface area contributed by atoms with E-state index in [1.807, 2.05) is 17.2 Å². The normalized spacial score (nSPS) is 23.2. The highest BCUT2D eigenvalue weighted by Gasteiger charge is 2.32. The van der Waals surface area contributed by atoms with Crippen molar-refractivity contribution in [2.75, 3.05) is 26.2 Å². The van der Waals surface area contributed by atoms with E-state index >= 15 is 0 Å². The summed E-state index contributed by atoms with van der Waals surface area (Å²) < 4.78 is 1.66. The molecule has 21 heavy (non-hydrogen) atoms. The minimum Gasteiger partial charge on any atom is -0.336 e. The van der Waals surface area contributed by atoms with Crippen LogP contribution in [0.4, 0.5) is 0 Å². The first kappa shape index (κ1) is 12.8. The largest absolute Gasteiger partial charge is 0.336 e. The van der Waals surface area contributed by atoms with Crippen LogP contribution >= 0.6 is 0 Å². The number of carbonyl (C=O) groups is 1. The van der Waals surface area contributed by atoms with Crippen molar-refractivity contribution in [1.82, 2.24) is 24.4 Å². The number of piperidine rings is 1. The van der Waals surface area contributed by atoms with Crippen molar-refractivity contribution >= 4 is 11.6 Å². The van der Waals surface area contributed by atoms with Gasteiger partial charge in [0.05, 0.1) is 6.20 Å². The minimum atomic E-state index is 0.0638. The van der Waals surface area contributed by atoms with Crippen LogP contribution in [-0.4, -0.2) is 62.5 Å². The standard InChI is InChI=1S/C15H19N5O/c21-15(13-10-17-20-7-3-5-16-14(13)20)19-9-8-18-6-2-1-4-12(18)11-19/h3,5,7,10,12H,1-2,4,6,8-9,11H2. The fourth-order valence-corrected chi connectivity index (χ4v) is 3.49. The fourth-order valence-electron chi connectivity index (χ4n) is 3.49. The van der Waals surface area contributed by atoms with Crippen molar-refractivity contribution in [2.45, 2.75) is 25.3 Å². The van der Waals surface area contributed by atoms with Gasteiger partial charge in [-0.25, -0.2) is 9.50 Å². The fraction of sp³-hybridized carbons (Fsp3) is 0.533. The molecule has 4 rings (SSSR count). The number of hydrogen-bond acceptors (Lipinski definition) is 4. The Kier molecular flexibility index (Phi) is 3.11. The molecule has 1 amide bonds. The summed E-state index contributed by atoms with van der Waals surface area (Å²) >= 11 is 0. The van der Waals surface area contributed by atoms with E-state index in [4.69, 9.17) is 0 Å². The third-order valence-corrected chi connectivity index (χ3v) is 4.63. The highest BCUT2D eigenvalue weighted by atomic mass is 16.2. The van der Waals surface area contributed by atoms with Gasteiger partial charge in [0.15, 0.2) is 5.65 Å². The van der Waals surface area contributed by atoms with Gasteiger partial charge in [0.25, 0.3) is 5.91 Å². The van der Waals surface area contributed by atoms with Gasteiger partial charge in [-0.05, 0) is 25.5 Å². The Morgan fingerprint density at radius 2 is 2.19 bits per heavy atom. The quantitative estimate of drug-likeness (QED) is 0.785. The number of aromatic nitrogens is 3. The topological polar surface area (TPSA) is 53.7 Å². The van der Waals surface area contributed by atoms with Crippen LogP contribution in [0.5, 0.6) is 0 Å². The smallest absolute Gasteiger partial charge is 0.259 e. The molecule has 1 atom stereocenters. The number of amides is 1. The van der Waals surface area contributed by atoms with E-state index in [9.17, 15) is 4.79 Å². The number of rotatable bonds is 1. The lowest BCUT2D eigenvalue weighted by Crippen LogP contribution is -2.56. The summed E-state index contributed by atoms with van der Waals surface area (Å²) in [5.41, 5.74) is 1.26. The van der Waals surface area contributed by atoms with Crippen molar-refractivity contribution < 1.29 is 4.79 Å². The zero-order valence-corrected chi connectivity index (χ0v) is 12.0. The number of piperazine rings is 1. The number of fused-ring (bicyclic) bond motifs is 2. The van der Waals surface area contributed by atoms with E-state index in [1.165, 1.54) is 25.8 Å². The van der Waals surface area contributed by atoms with Gasteiger partial charge in [0.2, 0.25) is 0 Å². The van der Waals surface area contributed by atoms with E-state index in [2.05, 4.69) is 15.0 Å². The van der Waals surface area contributed by atoms with Gasteiger partial charge < -0.3 is 4.90 Å². The van der Waals surface area contributed by atoms with Gasteiger partial charge in [0.1, 0.15) is 5.56 Å². The maximum Gasteiger partial charge on any atom is 0.259 e. The van der Waals surface area contributed by atoms with Crippen molar-refractivity contribution in [2.24, 2.45) is 0 Å². The highest BCUT2D eigenvalue weighted by molar-refractivity contribution is 5.99. The van der Waals surface area contributed by atoms with Crippen molar-refractivity contribution in [3.8, 4) is 0 Å². The van der Waals surface area contributed by atoms with Crippen LogP contribution in [0.2, 0.25) is 0 Å². The molecule has 6 heteroatoms. The monoisotopic (exact) mass is 285 g/mol. The van der Waals surface area contributed by atoms with Crippen LogP contribution in [-0.2, 0) is 0 Å². The summed E-state index contributed by atoms with van der Waals surface area (Å²) in [4.78, 5) is 21.5. The Morgan fingerprint density at radius 3 is 3.14 bits per heavy atom. The lowest BCUT2D eigenvalue weighted by molar-refractivity contribution is 0.0374. The SMILES string of the molecule is O=C(c1cnn2cccnc12)N1CCN2CCCCC2C1. The molecule has 0 aliphatic carbocycles. The Morgan fingerprint density at radius 1 is 1.24 bits per heavy atom. The molecule has 0 bridgehead atoms. The maximum atomic E-state index is 12.8. The molecule has 0 spiro atoms. The van der Waals surface area contributed by atoms with E-state index < -0.39 is 0 Å². The Labute approximate surface area is 123 Å². The highest BCUT2D eigenvalue weighted by Crippen LogP contribution is 2.22. The van der Waals surface area contributed by atoms with Crippen LogP contribution in [0, 0.1) is 0 Å². The Hall–Kier alpha value is -1.95. The summed E-state index contributed by atoms with van der Waals surface area (Å²) in [7, 11) is 0. The summed E-state index contributed by atoms with van der Waals surface area (Å²) in [6.45, 7) is 3.82. The van der Waals surface area contributed by atoms with E-state index in [0.717, 1.165) is 19.6 Å². The summed E-state index contributed by atoms with van der Waals surface area (Å²) in [6.07, 6.45) is 8.93. The molecular formula is C15H19N5O. The molecule has 0 radical (unpaired) electrons. The number of carbonyl (C=O) groups excluding carboxylic acids is 1. The molecule has 0 N–H and O–H groups in total. The molecule has 2 saturated heterocycles. The molecule has 0 saturated carbocycles. The predicted octanol–water partition coefficient (Wildman–Crippen LogP) is 1.04. The lowest BCUT2D eigenvalue weighted by atomic mass is 9.99. The number of hydrogen-bond donors (Lipinski definition) is 0. The molecule has 6 nitrogen and oxygen atoms in total. The molecule has 0 aromatic carbocycles. The first-order valence-electron chi connectivity index (χ1n) is 7.64. The second kappa shape index (κ2) is 5.11. The molecule has 2 aromatic rings. The summed E-state index contributed by atoms with van der Waals surface area (Å²) in [6, 6.07) is 2.35. The molecule has 4 heterocycles. The molecular weight excluding hydrogens is 266 g/mol. The molecule has 2 aliphatic rings. The lowest BCUT2D eigenvalue weighted by Gasteiger charge is -2.43. The molecule has 110 valence electrons. The van der Waals surface area contributed by atoms with Crippen molar-refractivity contribution in [1.29, 1.82) is 0 Å². The van der Waals surface area contributed by atoms with Crippen LogP contribution in [0.15, 0.2) is 24.7 Å². The van der Waals surface area contributed by atoms with Gasteiger partial charge in [-0.2, -0.15) is 5.10 Å². The Balaban J connectivity index is 1.57. The van der Waals surface area contributed by atoms with E-state index in [0.29, 0.717) is 17.3 Å². The third-order valence-electron chi connectivity index (χ3n) is 4.63. The summed E-state index contributed by atoms with van der Waals surface area (Å²) in [5.74, 6) is 0.0638. The second-order valence-electron chi connectivity index (χ2n) is 5.88. The van der Waals surface area contributed by atoms with E-state index in [-0.39, 0.29) is 5.91 Å². The van der Waals surface area contributed by atoms with Gasteiger partial charge in [0, 0.05) is 38.1 Å². The van der Waals surface area contributed by atoms with Gasteiger partial charge in [-0.3, -0.25) is 9.69 Å². The van der Waals surface area contributed by atoms with Crippen LogP contribution in [0.3, 0.4) is 0 Å². The first-order valence-corrected chi connectivity index (χ1v) is 7.64. The minimum absolute atomic E-state index is 0.0638. The van der Waals surface area contributed by atoms with Crippen molar-refractivity contribution in [3.63, 3.8) is 0 Å². The van der Waals surface area contributed by atoms with Crippen LogP contribution < -0.4 is 0 Å². The average Bonchev–Trinajstić information content (AvgIpc) is 2.98. The molecule has 1 unspecified atom stereocenters. The molecule has 2 aromatic heterocycles. The predicted molar refractivity (Wildman–Crippen MR) is 78.1 cm³/mol. The maximum absolute atomic E-state index is 12.8. The van der Waals surface area contributed by atoms with E-state index in [1.54, 1.807) is 16.9 Å². The van der Waals surface area contributed by atoms with Crippen LogP contribution in [0.25, 0.3) is 5.65 Å². The molecule has 2 fully saturated rings. The first-order chi connectivity index (χ1) is 10.3.